The van der Waals surface area contributed by atoms with Crippen LogP contribution in [0.5, 0.6) is 0 Å². The van der Waals surface area contributed by atoms with E-state index in [2.05, 4.69) is 233 Å². The Morgan fingerprint density at radius 1 is 0.362 bits per heavy atom. The predicted octanol–water partition coefficient (Wildman–Crippen LogP) is 19.3. The number of para-hydroxylation sites is 4. The number of anilines is 6. The number of nitrogens with zero attached hydrogens (tertiary/aromatic N) is 2. The summed E-state index contributed by atoms with van der Waals surface area (Å²) >= 11 is 0. The Morgan fingerprint density at radius 3 is 1.17 bits per heavy atom. The molecule has 0 unspecified atom stereocenters. The molecule has 4 heteroatoms. The van der Waals surface area contributed by atoms with Gasteiger partial charge in [0.2, 0.25) is 0 Å². The zero-order valence-corrected chi connectivity index (χ0v) is 39.8. The fourth-order valence-corrected chi connectivity index (χ4v) is 11.2. The Morgan fingerprint density at radius 2 is 0.754 bits per heavy atom. The summed E-state index contributed by atoms with van der Waals surface area (Å²) in [5.74, 6) is 0.875. The van der Waals surface area contributed by atoms with Crippen LogP contribution in [0.1, 0.15) is 75.6 Å². The lowest BCUT2D eigenvalue weighted by atomic mass is 9.81. The van der Waals surface area contributed by atoms with Crippen molar-refractivity contribution < 1.29 is 8.83 Å². The second-order valence-electron chi connectivity index (χ2n) is 20.2. The molecule has 0 N–H and O–H groups in total. The van der Waals surface area contributed by atoms with Crippen molar-refractivity contribution in [3.05, 3.63) is 216 Å². The minimum Gasteiger partial charge on any atom is -0.454 e. The van der Waals surface area contributed by atoms with E-state index in [0.29, 0.717) is 11.8 Å². The van der Waals surface area contributed by atoms with Crippen LogP contribution < -0.4 is 9.80 Å². The first-order chi connectivity index (χ1) is 33.6. The molecule has 2 heterocycles. The van der Waals surface area contributed by atoms with Crippen LogP contribution in [0.3, 0.4) is 0 Å². The lowest BCUT2D eigenvalue weighted by Crippen LogP contribution is -2.15. The molecule has 0 spiro atoms. The zero-order chi connectivity index (χ0) is 46.7. The molecule has 10 aromatic carbocycles. The van der Waals surface area contributed by atoms with E-state index < -0.39 is 0 Å². The van der Waals surface area contributed by atoms with Gasteiger partial charge < -0.3 is 18.6 Å². The van der Waals surface area contributed by atoms with Crippen molar-refractivity contribution in [2.24, 2.45) is 0 Å². The Hall–Kier alpha value is -8.08. The van der Waals surface area contributed by atoms with E-state index >= 15 is 0 Å². The van der Waals surface area contributed by atoms with Gasteiger partial charge in [-0.25, -0.2) is 0 Å². The average molecular weight is 893 g/mol. The molecule has 13 rings (SSSR count). The number of hydrogen-bond donors (Lipinski definition) is 0. The first-order valence-corrected chi connectivity index (χ1v) is 24.4. The Kier molecular flexibility index (Phi) is 9.23. The van der Waals surface area contributed by atoms with E-state index in [1.807, 2.05) is 12.1 Å². The van der Waals surface area contributed by atoms with Crippen LogP contribution in [0.25, 0.3) is 76.5 Å². The molecular formula is C65H52N2O2. The molecule has 0 aliphatic heterocycles. The van der Waals surface area contributed by atoms with Gasteiger partial charge in [0.25, 0.3) is 0 Å². The molecule has 1 aliphatic carbocycles. The normalized spacial score (nSPS) is 13.2. The minimum atomic E-state index is -0.239. The molecule has 12 aromatic rings. The van der Waals surface area contributed by atoms with Gasteiger partial charge >= 0.3 is 0 Å². The van der Waals surface area contributed by atoms with Gasteiger partial charge in [0.05, 0.1) is 11.4 Å². The van der Waals surface area contributed by atoms with E-state index in [4.69, 9.17) is 8.83 Å². The van der Waals surface area contributed by atoms with Gasteiger partial charge in [0, 0.05) is 49.7 Å². The number of rotatable bonds is 8. The van der Waals surface area contributed by atoms with E-state index in [1.165, 1.54) is 54.9 Å². The molecule has 69 heavy (non-hydrogen) atoms. The van der Waals surface area contributed by atoms with Crippen molar-refractivity contribution in [2.45, 2.75) is 58.8 Å². The van der Waals surface area contributed by atoms with Gasteiger partial charge in [0.15, 0.2) is 11.2 Å². The van der Waals surface area contributed by atoms with Gasteiger partial charge in [-0.15, -0.1) is 0 Å². The highest BCUT2D eigenvalue weighted by molar-refractivity contribution is 6.12. The van der Waals surface area contributed by atoms with Crippen molar-refractivity contribution in [2.75, 3.05) is 9.80 Å². The SMILES string of the molecule is CC(C)c1ccc(N(c2ccc3cc4c(cc3c2)C(C)(C)c2cc3cc(N(c5ccc(C(C)C)cc5)c5cccc6c5oc5ccccc56)ccc3cc2-4)c2cccc3c2oc2ccccc23)cc1. The molecule has 1 aliphatic rings. The maximum atomic E-state index is 6.67. The summed E-state index contributed by atoms with van der Waals surface area (Å²) in [6.45, 7) is 13.8. The van der Waals surface area contributed by atoms with Crippen molar-refractivity contribution in [1.29, 1.82) is 0 Å². The standard InChI is InChI=1S/C65H52N2O2/c1-39(2)41-21-27-47(28-22-41)66(59-17-11-15-53-51-13-7-9-19-61(51)68-63(53)59)49-31-25-43-35-55-56-36-44-26-32-50(34-46(44)38-58(56)65(5,6)57(55)37-45(43)33-49)67(48-29-23-42(24-30-48)40(3)4)60-18-12-16-54-52-14-8-10-20-62(52)69-64(54)60/h7-40H,1-6H3. The third-order valence-electron chi connectivity index (χ3n) is 15.0. The van der Waals surface area contributed by atoms with Gasteiger partial charge in [-0.2, -0.15) is 0 Å². The molecule has 2 aromatic heterocycles. The molecule has 0 fully saturated rings. The van der Waals surface area contributed by atoms with Crippen LogP contribution in [-0.2, 0) is 5.41 Å². The first kappa shape index (κ1) is 41.1. The average Bonchev–Trinajstić information content (AvgIpc) is 4.01. The van der Waals surface area contributed by atoms with Crippen LogP contribution in [-0.4, -0.2) is 0 Å². The highest BCUT2D eigenvalue weighted by Crippen LogP contribution is 2.53. The molecule has 4 nitrogen and oxygen atoms in total. The summed E-state index contributed by atoms with van der Waals surface area (Å²) in [7, 11) is 0. The number of benzene rings is 10. The Balaban J connectivity index is 0.929. The van der Waals surface area contributed by atoms with Gasteiger partial charge in [0.1, 0.15) is 11.2 Å². The number of furan rings is 2. The molecular weight excluding hydrogens is 841 g/mol. The van der Waals surface area contributed by atoms with E-state index in [0.717, 1.165) is 78.0 Å². The third kappa shape index (κ3) is 6.50. The minimum absolute atomic E-state index is 0.239. The summed E-state index contributed by atoms with van der Waals surface area (Å²) in [5, 5.41) is 9.32. The lowest BCUT2D eigenvalue weighted by molar-refractivity contribution is 0.662. The highest BCUT2D eigenvalue weighted by atomic mass is 16.3. The topological polar surface area (TPSA) is 32.8 Å². The maximum Gasteiger partial charge on any atom is 0.159 e. The van der Waals surface area contributed by atoms with Crippen LogP contribution in [0.15, 0.2) is 203 Å². The van der Waals surface area contributed by atoms with Crippen LogP contribution in [0.4, 0.5) is 34.1 Å². The quantitative estimate of drug-likeness (QED) is 0.152. The van der Waals surface area contributed by atoms with E-state index in [-0.39, 0.29) is 5.41 Å². The summed E-state index contributed by atoms with van der Waals surface area (Å²) in [6.07, 6.45) is 0. The molecule has 334 valence electrons. The fraction of sp³-hybridized carbons (Fsp3) is 0.138. The van der Waals surface area contributed by atoms with Crippen LogP contribution >= 0.6 is 0 Å². The van der Waals surface area contributed by atoms with Gasteiger partial charge in [-0.05, 0) is 164 Å². The molecule has 0 saturated carbocycles. The monoisotopic (exact) mass is 892 g/mol. The fourth-order valence-electron chi connectivity index (χ4n) is 11.2. The molecule has 0 amide bonds. The Labute approximate surface area is 402 Å². The van der Waals surface area contributed by atoms with E-state index in [1.54, 1.807) is 0 Å². The summed E-state index contributed by atoms with van der Waals surface area (Å²) < 4.78 is 13.3. The van der Waals surface area contributed by atoms with Crippen molar-refractivity contribution in [3.63, 3.8) is 0 Å². The molecule has 0 bridgehead atoms. The van der Waals surface area contributed by atoms with Crippen LogP contribution in [0.2, 0.25) is 0 Å². The lowest BCUT2D eigenvalue weighted by Gasteiger charge is -2.27. The second kappa shape index (κ2) is 15.5. The predicted molar refractivity (Wildman–Crippen MR) is 291 cm³/mol. The molecule has 0 radical (unpaired) electrons. The maximum absolute atomic E-state index is 6.67. The molecule has 0 saturated heterocycles. The third-order valence-corrected chi connectivity index (χ3v) is 15.0. The highest BCUT2D eigenvalue weighted by Gasteiger charge is 2.36. The Bertz CT molecular complexity index is 3740. The number of hydrogen-bond acceptors (Lipinski definition) is 4. The van der Waals surface area contributed by atoms with E-state index in [9.17, 15) is 0 Å². The summed E-state index contributed by atoms with van der Waals surface area (Å²) in [4.78, 5) is 4.73. The number of fused-ring (bicyclic) bond motifs is 11. The first-order valence-electron chi connectivity index (χ1n) is 24.4. The van der Waals surface area contributed by atoms with Crippen molar-refractivity contribution in [3.8, 4) is 11.1 Å². The summed E-state index contributed by atoms with van der Waals surface area (Å²) in [5.41, 5.74) is 17.6. The van der Waals surface area contributed by atoms with Gasteiger partial charge in [-0.3, -0.25) is 0 Å². The smallest absolute Gasteiger partial charge is 0.159 e. The zero-order valence-electron chi connectivity index (χ0n) is 39.8. The largest absolute Gasteiger partial charge is 0.454 e. The van der Waals surface area contributed by atoms with Crippen molar-refractivity contribution in [1.82, 2.24) is 0 Å². The van der Waals surface area contributed by atoms with Crippen molar-refractivity contribution >= 4 is 99.5 Å². The van der Waals surface area contributed by atoms with Gasteiger partial charge in [-0.1, -0.05) is 139 Å². The van der Waals surface area contributed by atoms with Crippen LogP contribution in [0, 0.1) is 0 Å². The second-order valence-corrected chi connectivity index (χ2v) is 20.2. The summed E-state index contributed by atoms with van der Waals surface area (Å²) in [6, 6.07) is 71.3. The molecule has 0 atom stereocenters.